The standard InChI is InChI=1S/C19H23NO2/c1-11(2)22-17-9-12(3)18(14(5)13(17)4)19(21)15-7-6-8-16(20)10-15/h6-11H,20H2,1-5H3. The topological polar surface area (TPSA) is 52.3 Å². The molecular weight excluding hydrogens is 274 g/mol. The minimum absolute atomic E-state index is 0.00139. The fourth-order valence-electron chi connectivity index (χ4n) is 2.60. The van der Waals surface area contributed by atoms with Crippen molar-refractivity contribution in [1.29, 1.82) is 0 Å². The molecule has 0 unspecified atom stereocenters. The zero-order chi connectivity index (χ0) is 16.4. The molecule has 22 heavy (non-hydrogen) atoms. The molecule has 0 radical (unpaired) electrons. The molecule has 3 nitrogen and oxygen atoms in total. The predicted octanol–water partition coefficient (Wildman–Crippen LogP) is 4.21. The van der Waals surface area contributed by atoms with E-state index in [1.54, 1.807) is 24.3 Å². The van der Waals surface area contributed by atoms with Crippen LogP contribution in [-0.4, -0.2) is 11.9 Å². The summed E-state index contributed by atoms with van der Waals surface area (Å²) in [6.07, 6.45) is 0.105. The van der Waals surface area contributed by atoms with Crippen LogP contribution >= 0.6 is 0 Å². The molecule has 116 valence electrons. The monoisotopic (exact) mass is 297 g/mol. The second kappa shape index (κ2) is 6.22. The van der Waals surface area contributed by atoms with E-state index in [2.05, 4.69) is 0 Å². The molecule has 0 atom stereocenters. The first-order chi connectivity index (χ1) is 10.3. The number of rotatable bonds is 4. The van der Waals surface area contributed by atoms with Gasteiger partial charge in [-0.3, -0.25) is 4.79 Å². The van der Waals surface area contributed by atoms with E-state index in [4.69, 9.17) is 10.5 Å². The number of carbonyl (C=O) groups is 1. The van der Waals surface area contributed by atoms with Crippen molar-refractivity contribution >= 4 is 11.5 Å². The number of aryl methyl sites for hydroxylation is 1. The van der Waals surface area contributed by atoms with Gasteiger partial charge in [0, 0.05) is 16.8 Å². The molecule has 0 spiro atoms. The third-order valence-corrected chi connectivity index (χ3v) is 3.79. The molecule has 0 saturated heterocycles. The van der Waals surface area contributed by atoms with E-state index in [-0.39, 0.29) is 11.9 Å². The lowest BCUT2D eigenvalue weighted by atomic mass is 9.91. The summed E-state index contributed by atoms with van der Waals surface area (Å²) >= 11 is 0. The summed E-state index contributed by atoms with van der Waals surface area (Å²) in [5, 5.41) is 0. The summed E-state index contributed by atoms with van der Waals surface area (Å²) in [4.78, 5) is 12.8. The summed E-state index contributed by atoms with van der Waals surface area (Å²) in [6, 6.07) is 9.04. The molecular formula is C19H23NO2. The lowest BCUT2D eigenvalue weighted by Crippen LogP contribution is -2.12. The highest BCUT2D eigenvalue weighted by Gasteiger charge is 2.19. The molecule has 0 aliphatic heterocycles. The van der Waals surface area contributed by atoms with Gasteiger partial charge in [-0.15, -0.1) is 0 Å². The quantitative estimate of drug-likeness (QED) is 0.679. The summed E-state index contributed by atoms with van der Waals surface area (Å²) in [5.41, 5.74) is 10.6. The van der Waals surface area contributed by atoms with Gasteiger partial charge < -0.3 is 10.5 Å². The molecule has 0 aromatic heterocycles. The van der Waals surface area contributed by atoms with Crippen molar-refractivity contribution in [3.05, 3.63) is 58.1 Å². The number of ketones is 1. The average Bonchev–Trinajstić information content (AvgIpc) is 2.44. The smallest absolute Gasteiger partial charge is 0.193 e. The highest BCUT2D eigenvalue weighted by Crippen LogP contribution is 2.30. The first-order valence-electron chi connectivity index (χ1n) is 7.49. The molecule has 0 heterocycles. The number of hydrogen-bond acceptors (Lipinski definition) is 3. The van der Waals surface area contributed by atoms with Gasteiger partial charge >= 0.3 is 0 Å². The van der Waals surface area contributed by atoms with Crippen LogP contribution in [0.15, 0.2) is 30.3 Å². The van der Waals surface area contributed by atoms with Crippen molar-refractivity contribution in [2.45, 2.75) is 40.7 Å². The van der Waals surface area contributed by atoms with Crippen LogP contribution in [0, 0.1) is 20.8 Å². The van der Waals surface area contributed by atoms with Gasteiger partial charge in [-0.05, 0) is 69.5 Å². The van der Waals surface area contributed by atoms with Gasteiger partial charge in [-0.2, -0.15) is 0 Å². The van der Waals surface area contributed by atoms with Crippen LogP contribution in [0.25, 0.3) is 0 Å². The number of anilines is 1. The van der Waals surface area contributed by atoms with Crippen LogP contribution in [0.1, 0.15) is 46.5 Å². The van der Waals surface area contributed by atoms with E-state index in [0.717, 1.165) is 28.0 Å². The van der Waals surface area contributed by atoms with Gasteiger partial charge in [0.25, 0.3) is 0 Å². The zero-order valence-electron chi connectivity index (χ0n) is 13.9. The molecule has 0 aliphatic rings. The Morgan fingerprint density at radius 2 is 1.77 bits per heavy atom. The van der Waals surface area contributed by atoms with E-state index >= 15 is 0 Å². The molecule has 0 bridgehead atoms. The molecule has 0 aliphatic carbocycles. The van der Waals surface area contributed by atoms with Crippen LogP contribution in [0.3, 0.4) is 0 Å². The minimum atomic E-state index is 0.00139. The largest absolute Gasteiger partial charge is 0.491 e. The molecule has 2 N–H and O–H groups in total. The van der Waals surface area contributed by atoms with Gasteiger partial charge in [-0.1, -0.05) is 12.1 Å². The Hall–Kier alpha value is -2.29. The Morgan fingerprint density at radius 1 is 1.09 bits per heavy atom. The molecule has 3 heteroatoms. The summed E-state index contributed by atoms with van der Waals surface area (Å²) in [7, 11) is 0. The Morgan fingerprint density at radius 3 is 2.36 bits per heavy atom. The Bertz CT molecular complexity index is 718. The molecule has 0 fully saturated rings. The number of nitrogen functional groups attached to an aromatic ring is 1. The van der Waals surface area contributed by atoms with Crippen LogP contribution in [0.5, 0.6) is 5.75 Å². The SMILES string of the molecule is Cc1cc(OC(C)C)c(C)c(C)c1C(=O)c1cccc(N)c1. The minimum Gasteiger partial charge on any atom is -0.491 e. The van der Waals surface area contributed by atoms with Crippen LogP contribution in [-0.2, 0) is 0 Å². The summed E-state index contributed by atoms with van der Waals surface area (Å²) in [5.74, 6) is 0.843. The molecule has 0 saturated carbocycles. The molecule has 2 aromatic rings. The van der Waals surface area contributed by atoms with Crippen LogP contribution in [0.4, 0.5) is 5.69 Å². The Balaban J connectivity index is 2.52. The number of carbonyl (C=O) groups excluding carboxylic acids is 1. The Labute approximate surface area is 132 Å². The van der Waals surface area contributed by atoms with Gasteiger partial charge in [0.1, 0.15) is 5.75 Å². The second-order valence-corrected chi connectivity index (χ2v) is 5.94. The van der Waals surface area contributed by atoms with Crippen molar-refractivity contribution < 1.29 is 9.53 Å². The molecule has 2 aromatic carbocycles. The average molecular weight is 297 g/mol. The van der Waals surface area contributed by atoms with E-state index in [9.17, 15) is 4.79 Å². The third kappa shape index (κ3) is 3.14. The van der Waals surface area contributed by atoms with E-state index in [1.807, 2.05) is 40.7 Å². The highest BCUT2D eigenvalue weighted by atomic mass is 16.5. The third-order valence-electron chi connectivity index (χ3n) is 3.79. The van der Waals surface area contributed by atoms with Gasteiger partial charge in [-0.25, -0.2) is 0 Å². The molecule has 0 amide bonds. The lowest BCUT2D eigenvalue weighted by molar-refractivity contribution is 0.103. The summed E-state index contributed by atoms with van der Waals surface area (Å²) in [6.45, 7) is 9.89. The second-order valence-electron chi connectivity index (χ2n) is 5.94. The van der Waals surface area contributed by atoms with E-state index < -0.39 is 0 Å². The summed E-state index contributed by atoms with van der Waals surface area (Å²) < 4.78 is 5.83. The first-order valence-corrected chi connectivity index (χ1v) is 7.49. The maximum absolute atomic E-state index is 12.8. The normalized spacial score (nSPS) is 10.8. The zero-order valence-corrected chi connectivity index (χ0v) is 13.9. The molecule has 2 rings (SSSR count). The lowest BCUT2D eigenvalue weighted by Gasteiger charge is -2.18. The predicted molar refractivity (Wildman–Crippen MR) is 90.7 cm³/mol. The van der Waals surface area contributed by atoms with Gasteiger partial charge in [0.15, 0.2) is 5.78 Å². The fourth-order valence-corrected chi connectivity index (χ4v) is 2.60. The number of benzene rings is 2. The maximum Gasteiger partial charge on any atom is 0.193 e. The number of hydrogen-bond donors (Lipinski definition) is 1. The number of nitrogens with two attached hydrogens (primary N) is 1. The number of ether oxygens (including phenoxy) is 1. The van der Waals surface area contributed by atoms with Crippen LogP contribution < -0.4 is 10.5 Å². The van der Waals surface area contributed by atoms with Crippen molar-refractivity contribution in [3.8, 4) is 5.75 Å². The van der Waals surface area contributed by atoms with Crippen molar-refractivity contribution in [2.24, 2.45) is 0 Å². The maximum atomic E-state index is 12.8. The van der Waals surface area contributed by atoms with Gasteiger partial charge in [0.2, 0.25) is 0 Å². The van der Waals surface area contributed by atoms with Crippen molar-refractivity contribution in [2.75, 3.05) is 5.73 Å². The van der Waals surface area contributed by atoms with Crippen molar-refractivity contribution in [3.63, 3.8) is 0 Å². The highest BCUT2D eigenvalue weighted by molar-refractivity contribution is 6.11. The van der Waals surface area contributed by atoms with Gasteiger partial charge in [0.05, 0.1) is 6.10 Å². The van der Waals surface area contributed by atoms with Crippen LogP contribution in [0.2, 0.25) is 0 Å². The Kier molecular flexibility index (Phi) is 4.55. The van der Waals surface area contributed by atoms with E-state index in [1.165, 1.54) is 0 Å². The van der Waals surface area contributed by atoms with E-state index in [0.29, 0.717) is 11.3 Å². The fraction of sp³-hybridized carbons (Fsp3) is 0.316. The first kappa shape index (κ1) is 16.1. The van der Waals surface area contributed by atoms with Crippen molar-refractivity contribution in [1.82, 2.24) is 0 Å².